The van der Waals surface area contributed by atoms with Crippen molar-refractivity contribution < 1.29 is 23.6 Å². The molecule has 0 unspecified atom stereocenters. The Hall–Kier alpha value is -0.791. The van der Waals surface area contributed by atoms with Crippen LogP contribution in [0.1, 0.15) is 79.1 Å². The molecule has 23 heavy (non-hydrogen) atoms. The van der Waals surface area contributed by atoms with Crippen molar-refractivity contribution in [2.45, 2.75) is 83.5 Å². The molecule has 0 atom stereocenters. The first-order chi connectivity index (χ1) is 10.9. The summed E-state index contributed by atoms with van der Waals surface area (Å²) in [4.78, 5) is 35.8. The number of carbonyl (C=O) groups is 3. The number of carbonyl (C=O) groups excluding carboxylic acids is 3. The molecular weight excluding hydrogens is 407 g/mol. The van der Waals surface area contributed by atoms with Crippen molar-refractivity contribution in [3.8, 4) is 0 Å². The Morgan fingerprint density at radius 1 is 0.652 bits per heavy atom. The summed E-state index contributed by atoms with van der Waals surface area (Å²) in [6, 6.07) is 0. The topological polar surface area (TPSA) is 78.9 Å². The molecule has 7 heteroatoms. The summed E-state index contributed by atoms with van der Waals surface area (Å²) in [5.74, 6) is -1.35. The van der Waals surface area contributed by atoms with Crippen molar-refractivity contribution in [2.75, 3.05) is 0 Å². The second-order valence-electron chi connectivity index (χ2n) is 5.46. The van der Waals surface area contributed by atoms with Crippen LogP contribution in [0.3, 0.4) is 0 Å². The van der Waals surface area contributed by atoms with E-state index in [0.29, 0.717) is 30.1 Å². The zero-order valence-corrected chi connectivity index (χ0v) is 17.7. The predicted octanol–water partition coefficient (Wildman–Crippen LogP) is 3.76. The second kappa shape index (κ2) is 12.6. The van der Waals surface area contributed by atoms with Crippen molar-refractivity contribution >= 4 is 37.5 Å². The van der Waals surface area contributed by atoms with Crippen LogP contribution in [0.2, 0.25) is 4.44 Å². The third kappa shape index (κ3) is 9.83. The molecule has 0 aliphatic carbocycles. The minimum atomic E-state index is -4.56. The van der Waals surface area contributed by atoms with E-state index >= 15 is 0 Å². The van der Waals surface area contributed by atoms with E-state index < -0.39 is 37.5 Å². The molecule has 0 spiro atoms. The van der Waals surface area contributed by atoms with Gasteiger partial charge in [0, 0.05) is 0 Å². The SMILES string of the molecule is CCC[CH2][Sn]([O]C(=O)CCC)([O]C(=O)CCC)[O]C(=O)CCC. The summed E-state index contributed by atoms with van der Waals surface area (Å²) in [7, 11) is 0. The molecule has 0 aliphatic rings. The van der Waals surface area contributed by atoms with Gasteiger partial charge in [0.05, 0.1) is 0 Å². The molecule has 134 valence electrons. The Kier molecular flexibility index (Phi) is 12.2. The Morgan fingerprint density at radius 3 is 1.26 bits per heavy atom. The van der Waals surface area contributed by atoms with Gasteiger partial charge >= 0.3 is 145 Å². The molecule has 0 rings (SSSR count). The Labute approximate surface area is 144 Å². The summed E-state index contributed by atoms with van der Waals surface area (Å²) in [6.07, 6.45) is 4.07. The van der Waals surface area contributed by atoms with Crippen LogP contribution in [0.4, 0.5) is 0 Å². The molecule has 0 aromatic carbocycles. The molecule has 0 fully saturated rings. The molecule has 0 saturated carbocycles. The van der Waals surface area contributed by atoms with Crippen LogP contribution >= 0.6 is 0 Å². The summed E-state index contributed by atoms with van der Waals surface area (Å²) in [5, 5.41) is 0. The third-order valence-corrected chi connectivity index (χ3v) is 10.4. The molecule has 0 saturated heterocycles. The van der Waals surface area contributed by atoms with Gasteiger partial charge in [-0.1, -0.05) is 0 Å². The minimum absolute atomic E-state index is 0.224. The average Bonchev–Trinajstić information content (AvgIpc) is 2.45. The predicted molar refractivity (Wildman–Crippen MR) is 88.5 cm³/mol. The Bertz CT molecular complexity index is 332. The standard InChI is InChI=1S/3C4H8O2.C4H9.Sn/c3*1-2-3-4(5)6;1-3-4-2;/h3*2-3H2,1H3,(H,5,6);1,3-4H2,2H3;/q;;;;+3/p-3. The zero-order chi connectivity index (χ0) is 17.7. The molecule has 0 heterocycles. The van der Waals surface area contributed by atoms with Crippen LogP contribution in [0.15, 0.2) is 0 Å². The monoisotopic (exact) mass is 438 g/mol. The van der Waals surface area contributed by atoms with Crippen molar-refractivity contribution in [3.63, 3.8) is 0 Å². The van der Waals surface area contributed by atoms with Gasteiger partial charge in [0.25, 0.3) is 0 Å². The van der Waals surface area contributed by atoms with Crippen molar-refractivity contribution in [3.05, 3.63) is 0 Å². The van der Waals surface area contributed by atoms with Gasteiger partial charge in [-0.2, -0.15) is 0 Å². The van der Waals surface area contributed by atoms with E-state index in [1.807, 2.05) is 27.7 Å². The van der Waals surface area contributed by atoms with E-state index in [1.165, 1.54) is 0 Å². The van der Waals surface area contributed by atoms with Gasteiger partial charge in [0.2, 0.25) is 0 Å². The Morgan fingerprint density at radius 2 is 1.00 bits per heavy atom. The van der Waals surface area contributed by atoms with Gasteiger partial charge < -0.3 is 0 Å². The molecule has 0 aromatic heterocycles. The first-order valence-electron chi connectivity index (χ1n) is 8.58. The first-order valence-corrected chi connectivity index (χ1v) is 14.1. The van der Waals surface area contributed by atoms with Crippen LogP contribution in [0.5, 0.6) is 0 Å². The summed E-state index contributed by atoms with van der Waals surface area (Å²) in [5.41, 5.74) is 0. The average molecular weight is 437 g/mol. The molecule has 0 radical (unpaired) electrons. The second-order valence-corrected chi connectivity index (χ2v) is 12.5. The number of hydrogen-bond acceptors (Lipinski definition) is 6. The molecule has 0 amide bonds. The van der Waals surface area contributed by atoms with Gasteiger partial charge in [0.1, 0.15) is 0 Å². The Balaban J connectivity index is 5.27. The molecule has 0 N–H and O–H groups in total. The maximum absolute atomic E-state index is 11.9. The molecule has 0 bridgehead atoms. The summed E-state index contributed by atoms with van der Waals surface area (Å²) in [6.45, 7) is 7.55. The number of unbranched alkanes of at least 4 members (excludes halogenated alkanes) is 1. The number of rotatable bonds is 12. The first kappa shape index (κ1) is 22.2. The van der Waals surface area contributed by atoms with Crippen LogP contribution < -0.4 is 0 Å². The van der Waals surface area contributed by atoms with E-state index in [-0.39, 0.29) is 19.3 Å². The van der Waals surface area contributed by atoms with Gasteiger partial charge in [-0.15, -0.1) is 0 Å². The van der Waals surface area contributed by atoms with Gasteiger partial charge in [-0.05, 0) is 0 Å². The normalized spacial score (nSPS) is 11.0. The maximum atomic E-state index is 11.9. The van der Waals surface area contributed by atoms with E-state index in [4.69, 9.17) is 9.22 Å². The molecule has 0 aromatic rings. The van der Waals surface area contributed by atoms with E-state index in [2.05, 4.69) is 0 Å². The van der Waals surface area contributed by atoms with E-state index in [0.717, 1.165) is 6.42 Å². The molecule has 0 aliphatic heterocycles. The molecular formula is C16H30O6Sn. The van der Waals surface area contributed by atoms with Crippen molar-refractivity contribution in [1.82, 2.24) is 0 Å². The van der Waals surface area contributed by atoms with Gasteiger partial charge in [0.15, 0.2) is 0 Å². The van der Waals surface area contributed by atoms with Crippen molar-refractivity contribution in [1.29, 1.82) is 0 Å². The van der Waals surface area contributed by atoms with Crippen molar-refractivity contribution in [2.24, 2.45) is 0 Å². The van der Waals surface area contributed by atoms with Crippen LogP contribution in [-0.4, -0.2) is 37.5 Å². The fourth-order valence-electron chi connectivity index (χ4n) is 1.89. The van der Waals surface area contributed by atoms with E-state index in [9.17, 15) is 14.4 Å². The number of hydrogen-bond donors (Lipinski definition) is 0. The van der Waals surface area contributed by atoms with Gasteiger partial charge in [-0.25, -0.2) is 0 Å². The fraction of sp³-hybridized carbons (Fsp3) is 0.812. The zero-order valence-electron chi connectivity index (χ0n) is 14.8. The van der Waals surface area contributed by atoms with Crippen LogP contribution in [0.25, 0.3) is 0 Å². The third-order valence-electron chi connectivity index (χ3n) is 3.01. The van der Waals surface area contributed by atoms with Crippen LogP contribution in [-0.2, 0) is 23.6 Å². The summed E-state index contributed by atoms with van der Waals surface area (Å²) < 4.78 is 16.9. The van der Waals surface area contributed by atoms with E-state index in [1.54, 1.807) is 0 Å². The fourth-order valence-corrected chi connectivity index (χ4v) is 9.21. The summed E-state index contributed by atoms with van der Waals surface area (Å²) >= 11 is -4.56. The quantitative estimate of drug-likeness (QED) is 0.433. The molecule has 6 nitrogen and oxygen atoms in total. The van der Waals surface area contributed by atoms with Crippen LogP contribution in [0, 0.1) is 0 Å². The van der Waals surface area contributed by atoms with Gasteiger partial charge in [-0.3, -0.25) is 0 Å².